The highest BCUT2D eigenvalue weighted by Gasteiger charge is 2.17. The summed E-state index contributed by atoms with van der Waals surface area (Å²) >= 11 is 0. The molecule has 0 atom stereocenters. The molecular weight excluding hydrogens is 226 g/mol. The van der Waals surface area contributed by atoms with Gasteiger partial charge in [0.1, 0.15) is 5.78 Å². The van der Waals surface area contributed by atoms with Crippen molar-refractivity contribution < 1.29 is 13.2 Å². The first-order valence-electron chi connectivity index (χ1n) is 5.83. The van der Waals surface area contributed by atoms with Crippen LogP contribution in [0.4, 0.5) is 0 Å². The van der Waals surface area contributed by atoms with Crippen molar-refractivity contribution >= 4 is 15.6 Å². The van der Waals surface area contributed by atoms with E-state index in [-0.39, 0.29) is 18.0 Å². The highest BCUT2D eigenvalue weighted by Crippen LogP contribution is 2.06. The first-order valence-corrected chi connectivity index (χ1v) is 7.55. The molecule has 4 nitrogen and oxygen atoms in total. The lowest BCUT2D eigenvalue weighted by Crippen LogP contribution is -2.19. The van der Waals surface area contributed by atoms with Crippen molar-refractivity contribution in [3.8, 4) is 0 Å². The van der Waals surface area contributed by atoms with Crippen LogP contribution in [0.25, 0.3) is 0 Å². The Labute approximate surface area is 98.5 Å². The Morgan fingerprint density at radius 2 is 1.75 bits per heavy atom. The van der Waals surface area contributed by atoms with Gasteiger partial charge in [-0.05, 0) is 33.2 Å². The van der Waals surface area contributed by atoms with E-state index in [1.165, 1.54) is 0 Å². The van der Waals surface area contributed by atoms with Gasteiger partial charge in [-0.25, -0.2) is 8.42 Å². The molecule has 0 aliphatic carbocycles. The fourth-order valence-corrected chi connectivity index (χ4v) is 2.24. The standard InChI is InChI=1S/C11H23NO3S/c1-10(2)16(14,15)9-7-11(13)6-4-3-5-8-12/h10H,3-9,12H2,1-2H3. The second-order valence-corrected chi connectivity index (χ2v) is 6.98. The minimum absolute atomic E-state index is 0.0135. The average Bonchev–Trinajstić information content (AvgIpc) is 2.21. The molecule has 96 valence electrons. The van der Waals surface area contributed by atoms with E-state index in [2.05, 4.69) is 0 Å². The van der Waals surface area contributed by atoms with Crippen molar-refractivity contribution in [3.05, 3.63) is 0 Å². The molecule has 0 unspecified atom stereocenters. The number of ketones is 1. The summed E-state index contributed by atoms with van der Waals surface area (Å²) in [7, 11) is -3.07. The largest absolute Gasteiger partial charge is 0.330 e. The molecule has 16 heavy (non-hydrogen) atoms. The molecule has 0 aromatic heterocycles. The summed E-state index contributed by atoms with van der Waals surface area (Å²) in [6.07, 6.45) is 3.32. The number of rotatable bonds is 9. The number of hydrogen-bond donors (Lipinski definition) is 1. The summed E-state index contributed by atoms with van der Waals surface area (Å²) in [4.78, 5) is 11.4. The molecule has 0 rings (SSSR count). The van der Waals surface area contributed by atoms with E-state index in [4.69, 9.17) is 5.73 Å². The zero-order valence-corrected chi connectivity index (χ0v) is 11.1. The van der Waals surface area contributed by atoms with Crippen LogP contribution < -0.4 is 5.73 Å². The van der Waals surface area contributed by atoms with E-state index in [1.54, 1.807) is 13.8 Å². The summed E-state index contributed by atoms with van der Waals surface area (Å²) in [5.74, 6) is 0.0293. The third-order valence-electron chi connectivity index (χ3n) is 2.54. The summed E-state index contributed by atoms with van der Waals surface area (Å²) in [6, 6.07) is 0. The Balaban J connectivity index is 3.74. The Kier molecular flexibility index (Phi) is 7.58. The zero-order chi connectivity index (χ0) is 12.6. The van der Waals surface area contributed by atoms with Crippen molar-refractivity contribution in [2.24, 2.45) is 5.73 Å². The maximum Gasteiger partial charge on any atom is 0.153 e. The van der Waals surface area contributed by atoms with Gasteiger partial charge >= 0.3 is 0 Å². The average molecular weight is 249 g/mol. The van der Waals surface area contributed by atoms with E-state index in [9.17, 15) is 13.2 Å². The monoisotopic (exact) mass is 249 g/mol. The van der Waals surface area contributed by atoms with Crippen molar-refractivity contribution in [1.82, 2.24) is 0 Å². The fraction of sp³-hybridized carbons (Fsp3) is 0.909. The van der Waals surface area contributed by atoms with Gasteiger partial charge in [0.15, 0.2) is 9.84 Å². The second kappa shape index (κ2) is 7.79. The van der Waals surface area contributed by atoms with E-state index < -0.39 is 15.1 Å². The van der Waals surface area contributed by atoms with E-state index in [0.717, 1.165) is 19.3 Å². The third kappa shape index (κ3) is 6.95. The van der Waals surface area contributed by atoms with Gasteiger partial charge in [0.2, 0.25) is 0 Å². The smallest absolute Gasteiger partial charge is 0.153 e. The number of carbonyl (C=O) groups is 1. The Morgan fingerprint density at radius 3 is 2.25 bits per heavy atom. The maximum absolute atomic E-state index is 11.4. The van der Waals surface area contributed by atoms with Crippen LogP contribution in [0.1, 0.15) is 46.0 Å². The molecule has 0 aliphatic heterocycles. The molecule has 0 aromatic rings. The van der Waals surface area contributed by atoms with Crippen LogP contribution in [-0.4, -0.2) is 31.7 Å². The molecule has 0 radical (unpaired) electrons. The Morgan fingerprint density at radius 1 is 1.12 bits per heavy atom. The lowest BCUT2D eigenvalue weighted by atomic mass is 10.1. The molecule has 0 fully saturated rings. The predicted molar refractivity (Wildman–Crippen MR) is 66.1 cm³/mol. The zero-order valence-electron chi connectivity index (χ0n) is 10.2. The van der Waals surface area contributed by atoms with Crippen LogP contribution in [-0.2, 0) is 14.6 Å². The summed E-state index contributed by atoms with van der Waals surface area (Å²) in [5.41, 5.74) is 5.33. The van der Waals surface area contributed by atoms with Crippen LogP contribution in [0.2, 0.25) is 0 Å². The van der Waals surface area contributed by atoms with Gasteiger partial charge in [-0.3, -0.25) is 4.79 Å². The van der Waals surface area contributed by atoms with Crippen LogP contribution in [0.5, 0.6) is 0 Å². The normalized spacial score (nSPS) is 12.0. The van der Waals surface area contributed by atoms with Gasteiger partial charge in [-0.2, -0.15) is 0 Å². The number of Topliss-reactive ketones (excluding diaryl/α,β-unsaturated/α-hetero) is 1. The highest BCUT2D eigenvalue weighted by atomic mass is 32.2. The van der Waals surface area contributed by atoms with E-state index in [1.807, 2.05) is 0 Å². The molecule has 0 saturated heterocycles. The fourth-order valence-electron chi connectivity index (χ4n) is 1.26. The van der Waals surface area contributed by atoms with Crippen molar-refractivity contribution in [2.45, 2.75) is 51.2 Å². The minimum Gasteiger partial charge on any atom is -0.330 e. The summed E-state index contributed by atoms with van der Waals surface area (Å²) in [6.45, 7) is 3.93. The molecule has 0 saturated carbocycles. The lowest BCUT2D eigenvalue weighted by molar-refractivity contribution is -0.118. The molecule has 0 aromatic carbocycles. The van der Waals surface area contributed by atoms with E-state index in [0.29, 0.717) is 13.0 Å². The number of sulfone groups is 1. The summed E-state index contributed by atoms with van der Waals surface area (Å²) in [5, 5.41) is -0.391. The first-order chi connectivity index (χ1) is 7.40. The quantitative estimate of drug-likeness (QED) is 0.625. The highest BCUT2D eigenvalue weighted by molar-refractivity contribution is 7.91. The predicted octanol–water partition coefficient (Wildman–Crippen LogP) is 1.29. The van der Waals surface area contributed by atoms with Crippen LogP contribution >= 0.6 is 0 Å². The lowest BCUT2D eigenvalue weighted by Gasteiger charge is -2.06. The Bertz CT molecular complexity index is 296. The van der Waals surface area contributed by atoms with Gasteiger partial charge in [0.05, 0.1) is 11.0 Å². The molecule has 0 amide bonds. The molecule has 0 heterocycles. The third-order valence-corrected chi connectivity index (χ3v) is 4.75. The SMILES string of the molecule is CC(C)S(=O)(=O)CCC(=O)CCCCCN. The van der Waals surface area contributed by atoms with Gasteiger partial charge in [-0.1, -0.05) is 6.42 Å². The van der Waals surface area contributed by atoms with Gasteiger partial charge in [0.25, 0.3) is 0 Å². The second-order valence-electron chi connectivity index (χ2n) is 4.30. The first kappa shape index (κ1) is 15.6. The summed E-state index contributed by atoms with van der Waals surface area (Å²) < 4.78 is 22.9. The van der Waals surface area contributed by atoms with Gasteiger partial charge < -0.3 is 5.73 Å². The number of hydrogen-bond acceptors (Lipinski definition) is 4. The maximum atomic E-state index is 11.4. The molecule has 5 heteroatoms. The Hall–Kier alpha value is -0.420. The molecule has 0 bridgehead atoms. The molecule has 0 aliphatic rings. The topological polar surface area (TPSA) is 77.2 Å². The van der Waals surface area contributed by atoms with E-state index >= 15 is 0 Å². The van der Waals surface area contributed by atoms with Crippen LogP contribution in [0, 0.1) is 0 Å². The van der Waals surface area contributed by atoms with Crippen LogP contribution in [0.3, 0.4) is 0 Å². The number of unbranched alkanes of at least 4 members (excludes halogenated alkanes) is 2. The van der Waals surface area contributed by atoms with Gasteiger partial charge in [-0.15, -0.1) is 0 Å². The number of nitrogens with two attached hydrogens (primary N) is 1. The minimum atomic E-state index is -3.07. The van der Waals surface area contributed by atoms with Gasteiger partial charge in [0, 0.05) is 12.8 Å². The van der Waals surface area contributed by atoms with Crippen molar-refractivity contribution in [3.63, 3.8) is 0 Å². The molecular formula is C11H23NO3S. The molecule has 2 N–H and O–H groups in total. The van der Waals surface area contributed by atoms with Crippen LogP contribution in [0.15, 0.2) is 0 Å². The van der Waals surface area contributed by atoms with Crippen molar-refractivity contribution in [1.29, 1.82) is 0 Å². The van der Waals surface area contributed by atoms with Crippen molar-refractivity contribution in [2.75, 3.05) is 12.3 Å². The number of carbonyl (C=O) groups excluding carboxylic acids is 1. The molecule has 0 spiro atoms.